The first-order valence-corrected chi connectivity index (χ1v) is 6.21. The second-order valence-corrected chi connectivity index (χ2v) is 5.34. The van der Waals surface area contributed by atoms with Crippen molar-refractivity contribution in [2.24, 2.45) is 0 Å². The molecular weight excluding hydrogens is 240 g/mol. The summed E-state index contributed by atoms with van der Waals surface area (Å²) >= 11 is 1.67. The van der Waals surface area contributed by atoms with Crippen LogP contribution in [0.4, 0.5) is 11.4 Å². The van der Waals surface area contributed by atoms with E-state index in [2.05, 4.69) is 5.32 Å². The van der Waals surface area contributed by atoms with Crippen LogP contribution in [0.3, 0.4) is 0 Å². The van der Waals surface area contributed by atoms with Crippen LogP contribution < -0.4 is 15.8 Å². The van der Waals surface area contributed by atoms with Gasteiger partial charge in [-0.3, -0.25) is 4.79 Å². The molecule has 0 unspecified atom stereocenters. The van der Waals surface area contributed by atoms with Crippen LogP contribution in [-0.4, -0.2) is 31.0 Å². The minimum absolute atomic E-state index is 0.0510. The third kappa shape index (κ3) is 2.05. The van der Waals surface area contributed by atoms with Gasteiger partial charge < -0.3 is 20.5 Å². The zero-order valence-electron chi connectivity index (χ0n) is 9.06. The van der Waals surface area contributed by atoms with Crippen molar-refractivity contribution in [3.8, 4) is 5.75 Å². The molecule has 0 spiro atoms. The van der Waals surface area contributed by atoms with E-state index < -0.39 is 0 Å². The van der Waals surface area contributed by atoms with Gasteiger partial charge in [0.15, 0.2) is 6.61 Å². The van der Waals surface area contributed by atoms with Gasteiger partial charge in [0.1, 0.15) is 5.75 Å². The van der Waals surface area contributed by atoms with Crippen LogP contribution in [0, 0.1) is 0 Å². The zero-order valence-corrected chi connectivity index (χ0v) is 9.88. The van der Waals surface area contributed by atoms with Crippen molar-refractivity contribution in [3.63, 3.8) is 0 Å². The summed E-state index contributed by atoms with van der Waals surface area (Å²) in [4.78, 5) is 12.2. The van der Waals surface area contributed by atoms with Gasteiger partial charge in [-0.1, -0.05) is 0 Å². The molecule has 2 aliphatic heterocycles. The van der Waals surface area contributed by atoms with Gasteiger partial charge in [0, 0.05) is 16.6 Å². The fourth-order valence-electron chi connectivity index (χ4n) is 1.69. The number of nitrogens with one attached hydrogen (secondary N) is 1. The molecule has 3 rings (SSSR count). The van der Waals surface area contributed by atoms with Gasteiger partial charge in [-0.25, -0.2) is 0 Å². The van der Waals surface area contributed by atoms with Gasteiger partial charge in [0.2, 0.25) is 0 Å². The quantitative estimate of drug-likeness (QED) is 0.771. The molecule has 0 radical (unpaired) electrons. The predicted molar refractivity (Wildman–Crippen MR) is 65.4 cm³/mol. The summed E-state index contributed by atoms with van der Waals surface area (Å²) in [5.74, 6) is 0.501. The van der Waals surface area contributed by atoms with Gasteiger partial charge in [-0.15, -0.1) is 11.8 Å². The van der Waals surface area contributed by atoms with Crippen LogP contribution in [0.1, 0.15) is 0 Å². The number of rotatable bonds is 2. The number of hydrogen-bond donors (Lipinski definition) is 2. The first-order valence-electron chi connectivity index (χ1n) is 5.33. The summed E-state index contributed by atoms with van der Waals surface area (Å²) in [6, 6.07) is 3.63. The number of anilines is 2. The number of fused-ring (bicyclic) bond motifs is 1. The SMILES string of the molecule is Nc1cc2c(cc1SC1COC1)NC(=O)CO2. The van der Waals surface area contributed by atoms with Crippen LogP contribution in [0.2, 0.25) is 0 Å². The zero-order chi connectivity index (χ0) is 11.8. The van der Waals surface area contributed by atoms with Crippen molar-refractivity contribution in [2.75, 3.05) is 30.9 Å². The molecule has 1 saturated heterocycles. The van der Waals surface area contributed by atoms with Gasteiger partial charge in [-0.05, 0) is 6.07 Å². The van der Waals surface area contributed by atoms with E-state index in [9.17, 15) is 4.79 Å². The summed E-state index contributed by atoms with van der Waals surface area (Å²) in [5, 5.41) is 3.23. The maximum absolute atomic E-state index is 11.2. The number of benzene rings is 1. The normalized spacial score (nSPS) is 18.9. The topological polar surface area (TPSA) is 73.6 Å². The highest BCUT2D eigenvalue weighted by atomic mass is 32.2. The standard InChI is InChI=1S/C11H12N2O3S/c12-7-1-9-8(13-11(14)5-16-9)2-10(7)17-6-3-15-4-6/h1-2,6H,3-5,12H2,(H,13,14). The predicted octanol–water partition coefficient (Wildman–Crippen LogP) is 1.09. The van der Waals surface area contributed by atoms with E-state index in [-0.39, 0.29) is 12.5 Å². The molecule has 90 valence electrons. The number of nitrogens with two attached hydrogens (primary N) is 1. The fourth-order valence-corrected chi connectivity index (χ4v) is 2.75. The summed E-state index contributed by atoms with van der Waals surface area (Å²) in [6.07, 6.45) is 0. The van der Waals surface area contributed by atoms with Gasteiger partial charge in [0.25, 0.3) is 5.91 Å². The lowest BCUT2D eigenvalue weighted by molar-refractivity contribution is -0.118. The monoisotopic (exact) mass is 252 g/mol. The number of hydrogen-bond acceptors (Lipinski definition) is 5. The molecule has 0 bridgehead atoms. The molecule has 0 aromatic heterocycles. The molecule has 6 heteroatoms. The average Bonchev–Trinajstić information content (AvgIpc) is 2.24. The molecule has 2 heterocycles. The Morgan fingerprint density at radius 3 is 2.94 bits per heavy atom. The maximum atomic E-state index is 11.2. The highest BCUT2D eigenvalue weighted by Gasteiger charge is 2.23. The third-order valence-electron chi connectivity index (χ3n) is 2.65. The fraction of sp³-hybridized carbons (Fsp3) is 0.364. The maximum Gasteiger partial charge on any atom is 0.262 e. The molecule has 0 atom stereocenters. The molecule has 1 aromatic carbocycles. The molecule has 1 fully saturated rings. The lowest BCUT2D eigenvalue weighted by Gasteiger charge is -2.26. The third-order valence-corrected chi connectivity index (χ3v) is 3.86. The van der Waals surface area contributed by atoms with E-state index in [1.165, 1.54) is 0 Å². The largest absolute Gasteiger partial charge is 0.482 e. The highest BCUT2D eigenvalue weighted by molar-refractivity contribution is 8.00. The van der Waals surface area contributed by atoms with Gasteiger partial charge in [0.05, 0.1) is 24.2 Å². The first kappa shape index (κ1) is 10.7. The number of carbonyl (C=O) groups is 1. The van der Waals surface area contributed by atoms with E-state index in [0.717, 1.165) is 18.1 Å². The minimum Gasteiger partial charge on any atom is -0.482 e. The molecule has 2 aliphatic rings. The van der Waals surface area contributed by atoms with Crippen molar-refractivity contribution < 1.29 is 14.3 Å². The Labute approximate surface area is 103 Å². The van der Waals surface area contributed by atoms with Gasteiger partial charge >= 0.3 is 0 Å². The molecule has 1 aromatic rings. The van der Waals surface area contributed by atoms with Crippen LogP contribution >= 0.6 is 11.8 Å². The smallest absolute Gasteiger partial charge is 0.262 e. The van der Waals surface area contributed by atoms with E-state index in [4.69, 9.17) is 15.2 Å². The Kier molecular flexibility index (Phi) is 2.60. The molecule has 0 saturated carbocycles. The molecular formula is C11H12N2O3S. The van der Waals surface area contributed by atoms with Crippen molar-refractivity contribution >= 4 is 29.0 Å². The van der Waals surface area contributed by atoms with Crippen molar-refractivity contribution in [1.29, 1.82) is 0 Å². The lowest BCUT2D eigenvalue weighted by Crippen LogP contribution is -2.30. The molecule has 0 aliphatic carbocycles. The summed E-state index contributed by atoms with van der Waals surface area (Å²) in [6.45, 7) is 1.56. The van der Waals surface area contributed by atoms with Crippen LogP contribution in [0.5, 0.6) is 5.75 Å². The molecule has 5 nitrogen and oxygen atoms in total. The Bertz CT molecular complexity index is 474. The number of thioether (sulfide) groups is 1. The van der Waals surface area contributed by atoms with Crippen LogP contribution in [-0.2, 0) is 9.53 Å². The van der Waals surface area contributed by atoms with Crippen molar-refractivity contribution in [3.05, 3.63) is 12.1 Å². The van der Waals surface area contributed by atoms with E-state index >= 15 is 0 Å². The van der Waals surface area contributed by atoms with Gasteiger partial charge in [-0.2, -0.15) is 0 Å². The number of nitrogen functional groups attached to an aromatic ring is 1. The lowest BCUT2D eigenvalue weighted by atomic mass is 10.2. The van der Waals surface area contributed by atoms with E-state index in [1.807, 2.05) is 6.07 Å². The Morgan fingerprint density at radius 1 is 1.41 bits per heavy atom. The summed E-state index contributed by atoms with van der Waals surface area (Å²) < 4.78 is 10.4. The summed E-state index contributed by atoms with van der Waals surface area (Å²) in [5.41, 5.74) is 7.32. The van der Waals surface area contributed by atoms with E-state index in [0.29, 0.717) is 22.4 Å². The van der Waals surface area contributed by atoms with Crippen molar-refractivity contribution in [2.45, 2.75) is 10.1 Å². The summed E-state index contributed by atoms with van der Waals surface area (Å²) in [7, 11) is 0. The highest BCUT2D eigenvalue weighted by Crippen LogP contribution is 2.39. The van der Waals surface area contributed by atoms with Crippen LogP contribution in [0.25, 0.3) is 0 Å². The molecule has 3 N–H and O–H groups in total. The number of amides is 1. The number of carbonyl (C=O) groups excluding carboxylic acids is 1. The Balaban J connectivity index is 1.88. The second-order valence-electron chi connectivity index (χ2n) is 4.00. The minimum atomic E-state index is -0.134. The first-order chi connectivity index (χ1) is 8.22. The molecule has 17 heavy (non-hydrogen) atoms. The molecule has 1 amide bonds. The Morgan fingerprint density at radius 2 is 2.24 bits per heavy atom. The van der Waals surface area contributed by atoms with Crippen LogP contribution in [0.15, 0.2) is 17.0 Å². The average molecular weight is 252 g/mol. The second kappa shape index (κ2) is 4.12. The Hall–Kier alpha value is -1.40. The number of ether oxygens (including phenoxy) is 2. The van der Waals surface area contributed by atoms with Crippen molar-refractivity contribution in [1.82, 2.24) is 0 Å². The van der Waals surface area contributed by atoms with E-state index in [1.54, 1.807) is 17.8 Å².